The molecule has 19 heavy (non-hydrogen) atoms. The van der Waals surface area contributed by atoms with E-state index in [9.17, 15) is 0 Å². The van der Waals surface area contributed by atoms with Gasteiger partial charge < -0.3 is 0 Å². The zero-order valence-electron chi connectivity index (χ0n) is 14.6. The van der Waals surface area contributed by atoms with Gasteiger partial charge in [-0.1, -0.05) is 74.1 Å². The van der Waals surface area contributed by atoms with Crippen LogP contribution < -0.4 is 0 Å². The monoisotopic (exact) mass is 266 g/mol. The lowest BCUT2D eigenvalue weighted by Gasteiger charge is -2.28. The van der Waals surface area contributed by atoms with Crippen molar-refractivity contribution < 1.29 is 0 Å². The second kappa shape index (κ2) is 7.14. The molecule has 0 amide bonds. The Morgan fingerprint density at radius 1 is 0.947 bits per heavy atom. The van der Waals surface area contributed by atoms with Crippen molar-refractivity contribution in [3.8, 4) is 0 Å². The number of hydrogen-bond acceptors (Lipinski definition) is 0. The van der Waals surface area contributed by atoms with Crippen LogP contribution in [0.3, 0.4) is 0 Å². The predicted molar refractivity (Wildman–Crippen MR) is 87.3 cm³/mol. The minimum Gasteiger partial charge on any atom is -0.0654 e. The maximum atomic E-state index is 2.50. The molecule has 0 bridgehead atoms. The zero-order chi connectivity index (χ0) is 14.6. The highest BCUT2D eigenvalue weighted by atomic mass is 14.6. The smallest absolute Gasteiger partial charge is 0.0243 e. The Hall–Kier alpha value is 0. The molecule has 1 fully saturated rings. The minimum atomic E-state index is 0.720. The van der Waals surface area contributed by atoms with Crippen molar-refractivity contribution in [1.82, 2.24) is 0 Å². The standard InChI is InChI=1S/C19H38/c1-8-11-18(14(3)4)15(5)12-10-13-19(9-2)16(6)17(19)7/h14-18H,8-13H2,1-7H3. The SMILES string of the molecule is CCCC(C(C)C)C(C)CCCC1(CC)C(C)C1C. The van der Waals surface area contributed by atoms with Crippen molar-refractivity contribution in [2.24, 2.45) is 35.0 Å². The van der Waals surface area contributed by atoms with E-state index in [0.717, 1.165) is 35.0 Å². The average Bonchev–Trinajstić information content (AvgIpc) is 2.88. The maximum absolute atomic E-state index is 2.50. The topological polar surface area (TPSA) is 0 Å². The third-order valence-corrected chi connectivity index (χ3v) is 6.62. The number of rotatable bonds is 9. The molecular weight excluding hydrogens is 228 g/mol. The van der Waals surface area contributed by atoms with Crippen LogP contribution in [0.2, 0.25) is 0 Å². The molecule has 4 unspecified atom stereocenters. The Balaban J connectivity index is 2.36. The normalized spacial score (nSPS) is 33.5. The molecule has 114 valence electrons. The van der Waals surface area contributed by atoms with Crippen LogP contribution in [0.25, 0.3) is 0 Å². The fourth-order valence-corrected chi connectivity index (χ4v) is 4.80. The molecule has 0 aromatic carbocycles. The molecule has 1 rings (SSSR count). The van der Waals surface area contributed by atoms with Crippen LogP contribution in [0.1, 0.15) is 87.0 Å². The fourth-order valence-electron chi connectivity index (χ4n) is 4.80. The fraction of sp³-hybridized carbons (Fsp3) is 1.00. The van der Waals surface area contributed by atoms with Crippen LogP contribution in [0.4, 0.5) is 0 Å². The first-order valence-electron chi connectivity index (χ1n) is 8.90. The quantitative estimate of drug-likeness (QED) is 0.444. The van der Waals surface area contributed by atoms with Crippen LogP contribution in [-0.4, -0.2) is 0 Å². The van der Waals surface area contributed by atoms with Gasteiger partial charge in [0, 0.05) is 0 Å². The highest BCUT2D eigenvalue weighted by Crippen LogP contribution is 2.63. The van der Waals surface area contributed by atoms with Gasteiger partial charge in [0.2, 0.25) is 0 Å². The van der Waals surface area contributed by atoms with Gasteiger partial charge in [0.1, 0.15) is 0 Å². The van der Waals surface area contributed by atoms with Crippen molar-refractivity contribution in [1.29, 1.82) is 0 Å². The van der Waals surface area contributed by atoms with Gasteiger partial charge >= 0.3 is 0 Å². The number of hydrogen-bond donors (Lipinski definition) is 0. The molecule has 0 N–H and O–H groups in total. The van der Waals surface area contributed by atoms with Gasteiger partial charge in [-0.3, -0.25) is 0 Å². The van der Waals surface area contributed by atoms with Gasteiger partial charge in [-0.2, -0.15) is 0 Å². The van der Waals surface area contributed by atoms with E-state index in [-0.39, 0.29) is 0 Å². The van der Waals surface area contributed by atoms with Crippen molar-refractivity contribution >= 4 is 0 Å². The summed E-state index contributed by atoms with van der Waals surface area (Å²) in [6.07, 6.45) is 8.55. The summed E-state index contributed by atoms with van der Waals surface area (Å²) < 4.78 is 0. The molecule has 0 nitrogen and oxygen atoms in total. The Bertz CT molecular complexity index is 245. The molecule has 0 saturated heterocycles. The highest BCUT2D eigenvalue weighted by molar-refractivity contribution is 5.04. The van der Waals surface area contributed by atoms with E-state index >= 15 is 0 Å². The molecule has 0 aromatic heterocycles. The van der Waals surface area contributed by atoms with Gasteiger partial charge in [0.25, 0.3) is 0 Å². The predicted octanol–water partition coefficient (Wildman–Crippen LogP) is 6.55. The summed E-state index contributed by atoms with van der Waals surface area (Å²) in [5, 5.41) is 0. The van der Waals surface area contributed by atoms with E-state index in [4.69, 9.17) is 0 Å². The Morgan fingerprint density at radius 3 is 1.89 bits per heavy atom. The largest absolute Gasteiger partial charge is 0.0654 e. The highest BCUT2D eigenvalue weighted by Gasteiger charge is 2.56. The molecule has 1 saturated carbocycles. The van der Waals surface area contributed by atoms with Crippen LogP contribution >= 0.6 is 0 Å². The van der Waals surface area contributed by atoms with Crippen LogP contribution in [0.15, 0.2) is 0 Å². The van der Waals surface area contributed by atoms with Crippen LogP contribution in [-0.2, 0) is 0 Å². The summed E-state index contributed by atoms with van der Waals surface area (Å²) in [6, 6.07) is 0. The Morgan fingerprint density at radius 2 is 1.53 bits per heavy atom. The van der Waals surface area contributed by atoms with Crippen LogP contribution in [0.5, 0.6) is 0 Å². The van der Waals surface area contributed by atoms with E-state index in [0.29, 0.717) is 0 Å². The lowest BCUT2D eigenvalue weighted by molar-refractivity contribution is 0.227. The van der Waals surface area contributed by atoms with E-state index in [1.165, 1.54) is 38.5 Å². The van der Waals surface area contributed by atoms with E-state index < -0.39 is 0 Å². The van der Waals surface area contributed by atoms with Gasteiger partial charge in [-0.05, 0) is 47.8 Å². The van der Waals surface area contributed by atoms with Crippen molar-refractivity contribution in [2.75, 3.05) is 0 Å². The molecule has 0 heteroatoms. The van der Waals surface area contributed by atoms with E-state index in [1.54, 1.807) is 0 Å². The lowest BCUT2D eigenvalue weighted by Crippen LogP contribution is -2.18. The Kier molecular flexibility index (Phi) is 6.40. The zero-order valence-corrected chi connectivity index (χ0v) is 14.6. The first-order valence-corrected chi connectivity index (χ1v) is 8.90. The summed E-state index contributed by atoms with van der Waals surface area (Å²) in [5.41, 5.74) is 0.720. The molecule has 0 spiro atoms. The molecule has 0 heterocycles. The summed E-state index contributed by atoms with van der Waals surface area (Å²) in [6.45, 7) is 17.0. The summed E-state index contributed by atoms with van der Waals surface area (Å²) in [7, 11) is 0. The summed E-state index contributed by atoms with van der Waals surface area (Å²) in [5.74, 6) is 4.66. The molecule has 0 aliphatic heterocycles. The van der Waals surface area contributed by atoms with Gasteiger partial charge in [0.15, 0.2) is 0 Å². The minimum absolute atomic E-state index is 0.720. The lowest BCUT2D eigenvalue weighted by atomic mass is 9.78. The van der Waals surface area contributed by atoms with E-state index in [1.807, 2.05) is 0 Å². The Labute approximate surface area is 122 Å². The third kappa shape index (κ3) is 3.76. The summed E-state index contributed by atoms with van der Waals surface area (Å²) >= 11 is 0. The molecule has 1 aliphatic rings. The van der Waals surface area contributed by atoms with E-state index in [2.05, 4.69) is 48.5 Å². The van der Waals surface area contributed by atoms with Crippen LogP contribution in [0, 0.1) is 35.0 Å². The van der Waals surface area contributed by atoms with Gasteiger partial charge in [-0.15, -0.1) is 0 Å². The second-order valence-electron chi connectivity index (χ2n) is 7.73. The first-order chi connectivity index (χ1) is 8.90. The van der Waals surface area contributed by atoms with Crippen molar-refractivity contribution in [2.45, 2.75) is 87.0 Å². The molecule has 1 aliphatic carbocycles. The summed E-state index contributed by atoms with van der Waals surface area (Å²) in [4.78, 5) is 0. The molecule has 0 aromatic rings. The van der Waals surface area contributed by atoms with Gasteiger partial charge in [0.05, 0.1) is 0 Å². The van der Waals surface area contributed by atoms with Gasteiger partial charge in [-0.25, -0.2) is 0 Å². The average molecular weight is 267 g/mol. The first kappa shape index (κ1) is 17.1. The third-order valence-electron chi connectivity index (χ3n) is 6.62. The maximum Gasteiger partial charge on any atom is -0.0243 e. The van der Waals surface area contributed by atoms with Crippen molar-refractivity contribution in [3.63, 3.8) is 0 Å². The molecule has 4 atom stereocenters. The molecule has 0 radical (unpaired) electrons. The second-order valence-corrected chi connectivity index (χ2v) is 7.73. The molecular formula is C19H38. The van der Waals surface area contributed by atoms with Crippen molar-refractivity contribution in [3.05, 3.63) is 0 Å².